The van der Waals surface area contributed by atoms with E-state index in [1.807, 2.05) is 26.0 Å². The maximum Gasteiger partial charge on any atom is 0.126 e. The van der Waals surface area contributed by atoms with Crippen LogP contribution in [0.2, 0.25) is 0 Å². The van der Waals surface area contributed by atoms with Crippen LogP contribution in [0.15, 0.2) is 24.3 Å². The van der Waals surface area contributed by atoms with Gasteiger partial charge in [0.05, 0.1) is 7.11 Å². The van der Waals surface area contributed by atoms with Crippen LogP contribution < -0.4 is 10.5 Å². The predicted octanol–water partition coefficient (Wildman–Crippen LogP) is 2.76. The Morgan fingerprint density at radius 1 is 1.31 bits per heavy atom. The molecule has 16 heavy (non-hydrogen) atoms. The molecule has 1 aromatic rings. The summed E-state index contributed by atoms with van der Waals surface area (Å²) in [6.45, 7) is 4.08. The normalized spacial score (nSPS) is 15.4. The van der Waals surface area contributed by atoms with E-state index in [9.17, 15) is 0 Å². The Morgan fingerprint density at radius 3 is 2.69 bits per heavy atom. The number of methoxy groups -OCH3 is 1. The molecule has 0 saturated heterocycles. The number of hydrogen-bond acceptors (Lipinski definition) is 2. The van der Waals surface area contributed by atoms with Crippen molar-refractivity contribution in [2.75, 3.05) is 7.11 Å². The van der Waals surface area contributed by atoms with Crippen molar-refractivity contribution in [3.8, 4) is 5.75 Å². The summed E-state index contributed by atoms with van der Waals surface area (Å²) < 4.78 is 5.44. The lowest BCUT2D eigenvalue weighted by Crippen LogP contribution is -2.34. The number of rotatable bonds is 2. The minimum Gasteiger partial charge on any atom is -0.496 e. The van der Waals surface area contributed by atoms with Gasteiger partial charge in [0, 0.05) is 11.1 Å². The van der Waals surface area contributed by atoms with E-state index in [1.54, 1.807) is 7.11 Å². The molecular formula is C14H19NO. The number of allylic oxidation sites excluding steroid dienone is 1. The number of hydrogen-bond donors (Lipinski definition) is 1. The first-order valence-corrected chi connectivity index (χ1v) is 5.70. The third-order valence-electron chi connectivity index (χ3n) is 3.06. The molecule has 2 nitrogen and oxygen atoms in total. The SMILES string of the molecule is COc1cccc2c1C(C(C)(C)N)=CCC2. The molecule has 0 heterocycles. The van der Waals surface area contributed by atoms with E-state index in [1.165, 1.54) is 16.7 Å². The molecule has 1 aliphatic rings. The molecule has 1 aromatic carbocycles. The molecule has 0 bridgehead atoms. The highest BCUT2D eigenvalue weighted by Gasteiger charge is 2.26. The number of benzene rings is 1. The van der Waals surface area contributed by atoms with Crippen LogP contribution in [0.3, 0.4) is 0 Å². The summed E-state index contributed by atoms with van der Waals surface area (Å²) >= 11 is 0. The first-order valence-electron chi connectivity index (χ1n) is 5.70. The van der Waals surface area contributed by atoms with Gasteiger partial charge in [-0.05, 0) is 43.9 Å². The molecule has 0 spiro atoms. The van der Waals surface area contributed by atoms with Crippen molar-refractivity contribution in [1.82, 2.24) is 0 Å². The van der Waals surface area contributed by atoms with Gasteiger partial charge >= 0.3 is 0 Å². The van der Waals surface area contributed by atoms with Gasteiger partial charge in [0.25, 0.3) is 0 Å². The second-order valence-electron chi connectivity index (χ2n) is 4.87. The molecule has 2 rings (SSSR count). The monoisotopic (exact) mass is 217 g/mol. The van der Waals surface area contributed by atoms with Crippen LogP contribution >= 0.6 is 0 Å². The maximum atomic E-state index is 6.22. The van der Waals surface area contributed by atoms with E-state index < -0.39 is 0 Å². The Bertz CT molecular complexity index is 427. The van der Waals surface area contributed by atoms with Crippen LogP contribution in [-0.2, 0) is 6.42 Å². The largest absolute Gasteiger partial charge is 0.496 e. The lowest BCUT2D eigenvalue weighted by molar-refractivity contribution is 0.411. The van der Waals surface area contributed by atoms with Crippen molar-refractivity contribution < 1.29 is 4.74 Å². The van der Waals surface area contributed by atoms with Crippen LogP contribution in [0.25, 0.3) is 5.57 Å². The summed E-state index contributed by atoms with van der Waals surface area (Å²) in [6, 6.07) is 6.21. The summed E-state index contributed by atoms with van der Waals surface area (Å²) in [5, 5.41) is 0. The predicted molar refractivity (Wildman–Crippen MR) is 67.6 cm³/mol. The molecule has 1 aliphatic carbocycles. The Balaban J connectivity index is 2.60. The van der Waals surface area contributed by atoms with Gasteiger partial charge in [-0.3, -0.25) is 0 Å². The first kappa shape index (κ1) is 11.2. The zero-order chi connectivity index (χ0) is 11.8. The summed E-state index contributed by atoms with van der Waals surface area (Å²) in [7, 11) is 1.71. The standard InChI is InChI=1S/C14H19NO/c1-14(2,15)11-8-4-6-10-7-5-9-12(16-3)13(10)11/h5,7-9H,4,6,15H2,1-3H3. The minimum absolute atomic E-state index is 0.316. The highest BCUT2D eigenvalue weighted by Crippen LogP contribution is 2.38. The third kappa shape index (κ3) is 1.85. The molecule has 0 aromatic heterocycles. The fourth-order valence-corrected chi connectivity index (χ4v) is 2.32. The first-order chi connectivity index (χ1) is 7.54. The van der Waals surface area contributed by atoms with E-state index in [-0.39, 0.29) is 5.54 Å². The van der Waals surface area contributed by atoms with Crippen molar-refractivity contribution in [1.29, 1.82) is 0 Å². The van der Waals surface area contributed by atoms with Crippen molar-refractivity contribution in [3.05, 3.63) is 35.4 Å². The van der Waals surface area contributed by atoms with Crippen molar-refractivity contribution in [3.63, 3.8) is 0 Å². The molecular weight excluding hydrogens is 198 g/mol. The van der Waals surface area contributed by atoms with Crippen molar-refractivity contribution in [2.24, 2.45) is 5.73 Å². The molecule has 86 valence electrons. The summed E-state index contributed by atoms with van der Waals surface area (Å²) in [4.78, 5) is 0. The molecule has 0 fully saturated rings. The number of fused-ring (bicyclic) bond motifs is 1. The Morgan fingerprint density at radius 2 is 2.06 bits per heavy atom. The van der Waals surface area contributed by atoms with Gasteiger partial charge < -0.3 is 10.5 Å². The fourth-order valence-electron chi connectivity index (χ4n) is 2.32. The lowest BCUT2D eigenvalue weighted by atomic mass is 9.81. The number of ether oxygens (including phenoxy) is 1. The van der Waals surface area contributed by atoms with Gasteiger partial charge in [-0.2, -0.15) is 0 Å². The summed E-state index contributed by atoms with van der Waals surface area (Å²) in [5.74, 6) is 0.932. The molecule has 0 atom stereocenters. The van der Waals surface area contributed by atoms with Gasteiger partial charge in [0.15, 0.2) is 0 Å². The Labute approximate surface area is 97.1 Å². The second-order valence-corrected chi connectivity index (χ2v) is 4.87. The van der Waals surface area contributed by atoms with E-state index >= 15 is 0 Å². The van der Waals surface area contributed by atoms with Crippen LogP contribution in [0, 0.1) is 0 Å². The highest BCUT2D eigenvalue weighted by molar-refractivity contribution is 5.79. The zero-order valence-electron chi connectivity index (χ0n) is 10.2. The average molecular weight is 217 g/mol. The minimum atomic E-state index is -0.316. The average Bonchev–Trinajstić information content (AvgIpc) is 2.26. The van der Waals surface area contributed by atoms with Crippen molar-refractivity contribution in [2.45, 2.75) is 32.2 Å². The van der Waals surface area contributed by atoms with Gasteiger partial charge in [-0.15, -0.1) is 0 Å². The van der Waals surface area contributed by atoms with Gasteiger partial charge in [0.2, 0.25) is 0 Å². The lowest BCUT2D eigenvalue weighted by Gasteiger charge is -2.29. The molecule has 0 radical (unpaired) electrons. The second kappa shape index (κ2) is 3.95. The zero-order valence-corrected chi connectivity index (χ0v) is 10.2. The van der Waals surface area contributed by atoms with Crippen LogP contribution in [-0.4, -0.2) is 12.6 Å². The van der Waals surface area contributed by atoms with Gasteiger partial charge in [-0.1, -0.05) is 18.2 Å². The number of nitrogens with two attached hydrogens (primary N) is 1. The van der Waals surface area contributed by atoms with Gasteiger partial charge in [0.1, 0.15) is 5.75 Å². The maximum absolute atomic E-state index is 6.22. The topological polar surface area (TPSA) is 35.2 Å². The molecule has 2 heteroatoms. The van der Waals surface area contributed by atoms with Crippen LogP contribution in [0.5, 0.6) is 5.75 Å². The summed E-state index contributed by atoms with van der Waals surface area (Å²) in [6.07, 6.45) is 4.38. The van der Waals surface area contributed by atoms with E-state index in [0.29, 0.717) is 0 Å². The molecule has 0 amide bonds. The Kier molecular flexibility index (Phi) is 2.76. The quantitative estimate of drug-likeness (QED) is 0.826. The summed E-state index contributed by atoms with van der Waals surface area (Å²) in [5.41, 5.74) is 9.65. The van der Waals surface area contributed by atoms with E-state index in [4.69, 9.17) is 10.5 Å². The molecule has 0 aliphatic heterocycles. The van der Waals surface area contributed by atoms with Crippen LogP contribution in [0.1, 0.15) is 31.4 Å². The van der Waals surface area contributed by atoms with Crippen molar-refractivity contribution >= 4 is 5.57 Å². The molecule has 2 N–H and O–H groups in total. The van der Waals surface area contributed by atoms with E-state index in [2.05, 4.69) is 12.1 Å². The molecule has 0 unspecified atom stereocenters. The van der Waals surface area contributed by atoms with Crippen LogP contribution in [0.4, 0.5) is 0 Å². The Hall–Kier alpha value is -1.28. The smallest absolute Gasteiger partial charge is 0.126 e. The third-order valence-corrected chi connectivity index (χ3v) is 3.06. The fraction of sp³-hybridized carbons (Fsp3) is 0.429. The van der Waals surface area contributed by atoms with Gasteiger partial charge in [-0.25, -0.2) is 0 Å². The molecule has 0 saturated carbocycles. The highest BCUT2D eigenvalue weighted by atomic mass is 16.5. The van der Waals surface area contributed by atoms with E-state index in [0.717, 1.165) is 18.6 Å². The number of aryl methyl sites for hydroxylation is 1.